The SMILES string of the molecule is COc1cc(COc2cc(F)cc(Br)c2)ccc1CN. The molecule has 0 atom stereocenters. The van der Waals surface area contributed by atoms with E-state index in [1.54, 1.807) is 13.2 Å². The van der Waals surface area contributed by atoms with Crippen LogP contribution in [0.4, 0.5) is 4.39 Å². The molecular weight excluding hydrogens is 325 g/mol. The van der Waals surface area contributed by atoms with Crippen molar-refractivity contribution in [2.24, 2.45) is 5.73 Å². The predicted octanol–water partition coefficient (Wildman–Crippen LogP) is 3.63. The summed E-state index contributed by atoms with van der Waals surface area (Å²) in [4.78, 5) is 0. The topological polar surface area (TPSA) is 44.5 Å². The minimum absolute atomic E-state index is 0.330. The van der Waals surface area contributed by atoms with Gasteiger partial charge < -0.3 is 15.2 Å². The maximum Gasteiger partial charge on any atom is 0.128 e. The second kappa shape index (κ2) is 6.72. The first-order valence-electron chi connectivity index (χ1n) is 6.07. The third-order valence-corrected chi connectivity index (χ3v) is 3.27. The minimum Gasteiger partial charge on any atom is -0.496 e. The van der Waals surface area contributed by atoms with Crippen molar-refractivity contribution < 1.29 is 13.9 Å². The Morgan fingerprint density at radius 1 is 1.20 bits per heavy atom. The highest BCUT2D eigenvalue weighted by atomic mass is 79.9. The highest BCUT2D eigenvalue weighted by Gasteiger charge is 2.05. The molecule has 0 fully saturated rings. The molecule has 0 aliphatic carbocycles. The molecule has 106 valence electrons. The van der Waals surface area contributed by atoms with Crippen molar-refractivity contribution >= 4 is 15.9 Å². The van der Waals surface area contributed by atoms with Crippen LogP contribution < -0.4 is 15.2 Å². The average Bonchev–Trinajstić information content (AvgIpc) is 2.43. The van der Waals surface area contributed by atoms with Gasteiger partial charge in [0.2, 0.25) is 0 Å². The van der Waals surface area contributed by atoms with Crippen LogP contribution in [0.3, 0.4) is 0 Å². The molecule has 0 aliphatic heterocycles. The van der Waals surface area contributed by atoms with Crippen LogP contribution in [-0.4, -0.2) is 7.11 Å². The fourth-order valence-corrected chi connectivity index (χ4v) is 2.27. The number of benzene rings is 2. The van der Waals surface area contributed by atoms with E-state index in [1.807, 2.05) is 18.2 Å². The summed E-state index contributed by atoms with van der Waals surface area (Å²) in [7, 11) is 1.60. The Kier molecular flexibility index (Phi) is 4.98. The number of methoxy groups -OCH3 is 1. The van der Waals surface area contributed by atoms with E-state index >= 15 is 0 Å². The van der Waals surface area contributed by atoms with Gasteiger partial charge in [0.05, 0.1) is 7.11 Å². The van der Waals surface area contributed by atoms with E-state index in [1.165, 1.54) is 12.1 Å². The molecule has 0 heterocycles. The summed E-state index contributed by atoms with van der Waals surface area (Å²) >= 11 is 3.23. The van der Waals surface area contributed by atoms with E-state index in [0.717, 1.165) is 16.9 Å². The van der Waals surface area contributed by atoms with Crippen molar-refractivity contribution in [3.63, 3.8) is 0 Å². The summed E-state index contributed by atoms with van der Waals surface area (Å²) in [6.07, 6.45) is 0. The van der Waals surface area contributed by atoms with E-state index in [0.29, 0.717) is 23.4 Å². The Labute approximate surface area is 125 Å². The molecule has 0 spiro atoms. The lowest BCUT2D eigenvalue weighted by molar-refractivity contribution is 0.303. The maximum atomic E-state index is 13.2. The first-order chi connectivity index (χ1) is 9.62. The molecule has 0 unspecified atom stereocenters. The van der Waals surface area contributed by atoms with Crippen molar-refractivity contribution in [3.8, 4) is 11.5 Å². The van der Waals surface area contributed by atoms with Gasteiger partial charge in [0.1, 0.15) is 23.9 Å². The maximum absolute atomic E-state index is 13.2. The molecule has 0 bridgehead atoms. The Bertz CT molecular complexity index is 584. The van der Waals surface area contributed by atoms with Gasteiger partial charge in [0.15, 0.2) is 0 Å². The third-order valence-electron chi connectivity index (χ3n) is 2.81. The van der Waals surface area contributed by atoms with Crippen LogP contribution in [-0.2, 0) is 13.2 Å². The Morgan fingerprint density at radius 2 is 2.00 bits per heavy atom. The molecule has 2 N–H and O–H groups in total. The number of ether oxygens (including phenoxy) is 2. The van der Waals surface area contributed by atoms with Gasteiger partial charge >= 0.3 is 0 Å². The molecule has 0 amide bonds. The molecule has 2 rings (SSSR count). The second-order valence-electron chi connectivity index (χ2n) is 4.24. The summed E-state index contributed by atoms with van der Waals surface area (Å²) < 4.78 is 24.7. The van der Waals surface area contributed by atoms with Gasteiger partial charge in [0, 0.05) is 22.6 Å². The highest BCUT2D eigenvalue weighted by Crippen LogP contribution is 2.23. The van der Waals surface area contributed by atoms with E-state index in [-0.39, 0.29) is 5.82 Å². The standard InChI is InChI=1S/C15H15BrFNO2/c1-19-15-4-10(2-3-11(15)8-18)9-20-14-6-12(16)5-13(17)7-14/h2-7H,8-9,18H2,1H3. The van der Waals surface area contributed by atoms with Crippen LogP contribution >= 0.6 is 15.9 Å². The van der Waals surface area contributed by atoms with Crippen molar-refractivity contribution in [1.29, 1.82) is 0 Å². The lowest BCUT2D eigenvalue weighted by Crippen LogP contribution is -2.02. The van der Waals surface area contributed by atoms with E-state index in [4.69, 9.17) is 15.2 Å². The number of hydrogen-bond acceptors (Lipinski definition) is 3. The molecular formula is C15H15BrFNO2. The zero-order chi connectivity index (χ0) is 14.5. The van der Waals surface area contributed by atoms with Crippen molar-refractivity contribution in [2.45, 2.75) is 13.2 Å². The van der Waals surface area contributed by atoms with Crippen LogP contribution in [0.5, 0.6) is 11.5 Å². The summed E-state index contributed by atoms with van der Waals surface area (Å²) in [6.45, 7) is 0.748. The summed E-state index contributed by atoms with van der Waals surface area (Å²) in [5.41, 5.74) is 7.48. The molecule has 0 aromatic heterocycles. The van der Waals surface area contributed by atoms with Crippen LogP contribution in [0.1, 0.15) is 11.1 Å². The van der Waals surface area contributed by atoms with E-state index < -0.39 is 0 Å². The number of rotatable bonds is 5. The molecule has 2 aromatic rings. The number of hydrogen-bond donors (Lipinski definition) is 1. The van der Waals surface area contributed by atoms with Crippen LogP contribution in [0.2, 0.25) is 0 Å². The van der Waals surface area contributed by atoms with Gasteiger partial charge in [-0.05, 0) is 23.8 Å². The normalized spacial score (nSPS) is 10.4. The van der Waals surface area contributed by atoms with Gasteiger partial charge in [-0.1, -0.05) is 28.1 Å². The molecule has 0 saturated carbocycles. The number of nitrogens with two attached hydrogens (primary N) is 1. The molecule has 0 saturated heterocycles. The molecule has 5 heteroatoms. The third kappa shape index (κ3) is 3.71. The number of halogens is 2. The minimum atomic E-state index is -0.342. The van der Waals surface area contributed by atoms with Gasteiger partial charge in [-0.2, -0.15) is 0 Å². The van der Waals surface area contributed by atoms with Gasteiger partial charge in [-0.15, -0.1) is 0 Å². The highest BCUT2D eigenvalue weighted by molar-refractivity contribution is 9.10. The quantitative estimate of drug-likeness (QED) is 0.904. The smallest absolute Gasteiger partial charge is 0.128 e. The fraction of sp³-hybridized carbons (Fsp3) is 0.200. The monoisotopic (exact) mass is 339 g/mol. The molecule has 20 heavy (non-hydrogen) atoms. The van der Waals surface area contributed by atoms with E-state index in [9.17, 15) is 4.39 Å². The van der Waals surface area contributed by atoms with Crippen molar-refractivity contribution in [1.82, 2.24) is 0 Å². The predicted molar refractivity (Wildman–Crippen MR) is 79.3 cm³/mol. The van der Waals surface area contributed by atoms with Gasteiger partial charge in [-0.3, -0.25) is 0 Å². The van der Waals surface area contributed by atoms with Crippen molar-refractivity contribution in [3.05, 3.63) is 57.8 Å². The first kappa shape index (κ1) is 14.8. The molecule has 2 aromatic carbocycles. The summed E-state index contributed by atoms with van der Waals surface area (Å²) in [5, 5.41) is 0. The van der Waals surface area contributed by atoms with Gasteiger partial charge in [-0.25, -0.2) is 4.39 Å². The summed E-state index contributed by atoms with van der Waals surface area (Å²) in [5.74, 6) is 0.859. The largest absolute Gasteiger partial charge is 0.496 e. The van der Waals surface area contributed by atoms with Crippen LogP contribution in [0, 0.1) is 5.82 Å². The first-order valence-corrected chi connectivity index (χ1v) is 6.86. The van der Waals surface area contributed by atoms with E-state index in [2.05, 4.69) is 15.9 Å². The van der Waals surface area contributed by atoms with Crippen LogP contribution in [0.15, 0.2) is 40.9 Å². The Morgan fingerprint density at radius 3 is 2.65 bits per heavy atom. The van der Waals surface area contributed by atoms with Crippen molar-refractivity contribution in [2.75, 3.05) is 7.11 Å². The summed E-state index contributed by atoms with van der Waals surface area (Å²) in [6, 6.07) is 10.1. The fourth-order valence-electron chi connectivity index (χ4n) is 1.83. The Balaban J connectivity index is 2.10. The molecule has 3 nitrogen and oxygen atoms in total. The lowest BCUT2D eigenvalue weighted by Gasteiger charge is -2.11. The average molecular weight is 340 g/mol. The van der Waals surface area contributed by atoms with Crippen LogP contribution in [0.25, 0.3) is 0 Å². The zero-order valence-electron chi connectivity index (χ0n) is 11.0. The van der Waals surface area contributed by atoms with Gasteiger partial charge in [0.25, 0.3) is 0 Å². The molecule has 0 aliphatic rings. The molecule has 0 radical (unpaired) electrons. The second-order valence-corrected chi connectivity index (χ2v) is 5.16. The lowest BCUT2D eigenvalue weighted by atomic mass is 10.1. The Hall–Kier alpha value is -1.59. The zero-order valence-corrected chi connectivity index (χ0v) is 12.6.